The maximum absolute atomic E-state index is 11.5. The number of nitrogens with one attached hydrogen (secondary N) is 1. The maximum Gasteiger partial charge on any atom is 0.278 e. The summed E-state index contributed by atoms with van der Waals surface area (Å²) >= 11 is 0. The van der Waals surface area contributed by atoms with Gasteiger partial charge in [0.15, 0.2) is 0 Å². The number of carbonyl (C=O) groups is 1. The molecule has 0 saturated carbocycles. The number of hydrogen-bond acceptors (Lipinski definition) is 5. The van der Waals surface area contributed by atoms with Gasteiger partial charge in [-0.1, -0.05) is 19.3 Å². The Morgan fingerprint density at radius 3 is 2.93 bits per heavy atom. The van der Waals surface area contributed by atoms with E-state index >= 15 is 0 Å². The van der Waals surface area contributed by atoms with Crippen LogP contribution < -0.4 is 11.1 Å². The van der Waals surface area contributed by atoms with Crippen LogP contribution in [-0.2, 0) is 0 Å². The Kier molecular flexibility index (Phi) is 3.68. The van der Waals surface area contributed by atoms with E-state index in [4.69, 9.17) is 12.2 Å². The van der Waals surface area contributed by atoms with Gasteiger partial charge in [-0.05, 0) is 16.7 Å². The molecule has 1 heterocycles. The lowest BCUT2D eigenvalue weighted by molar-refractivity contribution is 0.0935. The van der Waals surface area contributed by atoms with Gasteiger partial charge in [0.25, 0.3) is 5.91 Å². The molecule has 0 fully saturated rings. The smallest absolute Gasteiger partial charge is 0.278 e. The molecule has 15 heavy (non-hydrogen) atoms. The van der Waals surface area contributed by atoms with Gasteiger partial charge in [0.1, 0.15) is 0 Å². The topological polar surface area (TPSA) is 94.0 Å². The SMILES string of the molecule is C#CC(CCC)NC(=O)c1nonc1N. The van der Waals surface area contributed by atoms with Crippen LogP contribution in [0.15, 0.2) is 4.63 Å². The van der Waals surface area contributed by atoms with Crippen LogP contribution in [0.1, 0.15) is 30.3 Å². The zero-order valence-corrected chi connectivity index (χ0v) is 8.36. The van der Waals surface area contributed by atoms with Gasteiger partial charge in [-0.15, -0.1) is 6.42 Å². The molecule has 0 aliphatic heterocycles. The fourth-order valence-electron chi connectivity index (χ4n) is 1.07. The quantitative estimate of drug-likeness (QED) is 0.688. The third-order valence-electron chi connectivity index (χ3n) is 1.81. The van der Waals surface area contributed by atoms with Crippen molar-refractivity contribution in [2.24, 2.45) is 0 Å². The summed E-state index contributed by atoms with van der Waals surface area (Å²) in [5.41, 5.74) is 5.32. The molecule has 1 aromatic rings. The molecule has 80 valence electrons. The van der Waals surface area contributed by atoms with Crippen LogP contribution in [0, 0.1) is 12.3 Å². The van der Waals surface area contributed by atoms with Crippen LogP contribution in [0.5, 0.6) is 0 Å². The Bertz CT molecular complexity index is 380. The molecule has 0 aliphatic carbocycles. The van der Waals surface area contributed by atoms with Gasteiger partial charge >= 0.3 is 0 Å². The highest BCUT2D eigenvalue weighted by Crippen LogP contribution is 2.04. The zero-order valence-electron chi connectivity index (χ0n) is 8.36. The molecular formula is C9H12N4O2. The van der Waals surface area contributed by atoms with E-state index in [1.807, 2.05) is 6.92 Å². The number of amides is 1. The van der Waals surface area contributed by atoms with Gasteiger partial charge in [-0.3, -0.25) is 4.79 Å². The number of terminal acetylenes is 1. The van der Waals surface area contributed by atoms with E-state index in [1.54, 1.807) is 0 Å². The molecule has 0 aliphatic rings. The minimum absolute atomic E-state index is 0.0358. The Labute approximate surface area is 87.2 Å². The van der Waals surface area contributed by atoms with Crippen molar-refractivity contribution in [3.05, 3.63) is 5.69 Å². The zero-order chi connectivity index (χ0) is 11.3. The molecule has 0 spiro atoms. The van der Waals surface area contributed by atoms with Crippen molar-refractivity contribution >= 4 is 11.7 Å². The predicted molar refractivity (Wildman–Crippen MR) is 53.7 cm³/mol. The van der Waals surface area contributed by atoms with Crippen LogP contribution in [0.3, 0.4) is 0 Å². The molecule has 0 radical (unpaired) electrons. The minimum Gasteiger partial charge on any atom is -0.379 e. The summed E-state index contributed by atoms with van der Waals surface area (Å²) < 4.78 is 4.30. The number of carbonyl (C=O) groups excluding carboxylic acids is 1. The predicted octanol–water partition coefficient (Wildman–Crippen LogP) is 0.183. The summed E-state index contributed by atoms with van der Waals surface area (Å²) in [4.78, 5) is 11.5. The first kappa shape index (κ1) is 11.0. The van der Waals surface area contributed by atoms with Crippen molar-refractivity contribution in [1.82, 2.24) is 15.6 Å². The second-order valence-electron chi connectivity index (χ2n) is 2.98. The number of rotatable bonds is 4. The molecule has 1 rings (SSSR count). The molecule has 0 saturated heterocycles. The summed E-state index contributed by atoms with van der Waals surface area (Å²) in [5, 5.41) is 9.26. The van der Waals surface area contributed by atoms with Crippen LogP contribution >= 0.6 is 0 Å². The van der Waals surface area contributed by atoms with Gasteiger partial charge in [-0.2, -0.15) is 0 Å². The summed E-state index contributed by atoms with van der Waals surface area (Å²) in [6.45, 7) is 1.97. The van der Waals surface area contributed by atoms with E-state index in [0.717, 1.165) is 6.42 Å². The number of anilines is 1. The molecule has 0 bridgehead atoms. The summed E-state index contributed by atoms with van der Waals surface area (Å²) in [6, 6.07) is -0.321. The normalized spacial score (nSPS) is 11.7. The first-order valence-corrected chi connectivity index (χ1v) is 4.54. The number of nitrogen functional groups attached to an aromatic ring is 1. The van der Waals surface area contributed by atoms with E-state index in [1.165, 1.54) is 0 Å². The summed E-state index contributed by atoms with van der Waals surface area (Å²) in [6.07, 6.45) is 6.82. The summed E-state index contributed by atoms with van der Waals surface area (Å²) in [5.74, 6) is 1.95. The van der Waals surface area contributed by atoms with Crippen molar-refractivity contribution in [1.29, 1.82) is 0 Å². The second kappa shape index (κ2) is 5.00. The molecule has 0 aromatic carbocycles. The van der Waals surface area contributed by atoms with Crippen LogP contribution in [0.25, 0.3) is 0 Å². The largest absolute Gasteiger partial charge is 0.379 e. The van der Waals surface area contributed by atoms with Gasteiger partial charge in [0, 0.05) is 0 Å². The van der Waals surface area contributed by atoms with Crippen LogP contribution in [0.2, 0.25) is 0 Å². The Morgan fingerprint density at radius 2 is 2.47 bits per heavy atom. The molecule has 3 N–H and O–H groups in total. The Balaban J connectivity index is 2.64. The van der Waals surface area contributed by atoms with Crippen molar-refractivity contribution in [2.45, 2.75) is 25.8 Å². The second-order valence-corrected chi connectivity index (χ2v) is 2.98. The lowest BCUT2D eigenvalue weighted by atomic mass is 10.2. The van der Waals surface area contributed by atoms with E-state index < -0.39 is 5.91 Å². The highest BCUT2D eigenvalue weighted by atomic mass is 16.6. The highest BCUT2D eigenvalue weighted by molar-refractivity contribution is 5.96. The maximum atomic E-state index is 11.5. The van der Waals surface area contributed by atoms with Crippen molar-refractivity contribution in [3.63, 3.8) is 0 Å². The van der Waals surface area contributed by atoms with Crippen molar-refractivity contribution in [2.75, 3.05) is 5.73 Å². The Hall–Kier alpha value is -2.03. The first-order valence-electron chi connectivity index (χ1n) is 4.54. The highest BCUT2D eigenvalue weighted by Gasteiger charge is 2.18. The van der Waals surface area contributed by atoms with E-state index in [-0.39, 0.29) is 17.6 Å². The Morgan fingerprint density at radius 1 is 1.73 bits per heavy atom. The van der Waals surface area contributed by atoms with Crippen LogP contribution in [0.4, 0.5) is 5.82 Å². The van der Waals surface area contributed by atoms with Crippen molar-refractivity contribution < 1.29 is 9.42 Å². The monoisotopic (exact) mass is 208 g/mol. The number of aromatic nitrogens is 2. The molecule has 1 amide bonds. The average molecular weight is 208 g/mol. The molecule has 1 aromatic heterocycles. The number of nitrogens with two attached hydrogens (primary N) is 1. The standard InChI is InChI=1S/C9H12N4O2/c1-3-5-6(4-2)11-9(14)7-8(10)13-15-12-7/h2,6H,3,5H2,1H3,(H2,10,13)(H,11,14). The lowest BCUT2D eigenvalue weighted by Crippen LogP contribution is -2.34. The van der Waals surface area contributed by atoms with Crippen LogP contribution in [-0.4, -0.2) is 22.3 Å². The van der Waals surface area contributed by atoms with Crippen molar-refractivity contribution in [3.8, 4) is 12.3 Å². The first-order chi connectivity index (χ1) is 7.19. The van der Waals surface area contributed by atoms with Gasteiger partial charge < -0.3 is 11.1 Å². The van der Waals surface area contributed by atoms with E-state index in [2.05, 4.69) is 26.2 Å². The van der Waals surface area contributed by atoms with E-state index in [9.17, 15) is 4.79 Å². The van der Waals surface area contributed by atoms with Gasteiger partial charge in [0.2, 0.25) is 11.5 Å². The number of nitrogens with zero attached hydrogens (tertiary/aromatic N) is 2. The van der Waals surface area contributed by atoms with Gasteiger partial charge in [0.05, 0.1) is 6.04 Å². The molecule has 1 unspecified atom stereocenters. The minimum atomic E-state index is -0.467. The molecular weight excluding hydrogens is 196 g/mol. The average Bonchev–Trinajstić information content (AvgIpc) is 2.63. The third-order valence-corrected chi connectivity index (χ3v) is 1.81. The fourth-order valence-corrected chi connectivity index (χ4v) is 1.07. The van der Waals surface area contributed by atoms with E-state index in [0.29, 0.717) is 6.42 Å². The summed E-state index contributed by atoms with van der Waals surface area (Å²) in [7, 11) is 0. The third kappa shape index (κ3) is 2.71. The lowest BCUT2D eigenvalue weighted by Gasteiger charge is -2.09. The molecule has 6 nitrogen and oxygen atoms in total. The van der Waals surface area contributed by atoms with Gasteiger partial charge in [-0.25, -0.2) is 4.63 Å². The molecule has 6 heteroatoms. The fraction of sp³-hybridized carbons (Fsp3) is 0.444. The molecule has 1 atom stereocenters. The number of hydrogen-bond donors (Lipinski definition) is 2.